The molecule has 24 heavy (non-hydrogen) atoms. The van der Waals surface area contributed by atoms with Crippen LogP contribution >= 0.6 is 0 Å². The van der Waals surface area contributed by atoms with Gasteiger partial charge in [0.05, 0.1) is 0 Å². The summed E-state index contributed by atoms with van der Waals surface area (Å²) in [5.74, 6) is -1.11. The van der Waals surface area contributed by atoms with Crippen LogP contribution in [-0.2, 0) is 16.1 Å². The van der Waals surface area contributed by atoms with Crippen LogP contribution in [-0.4, -0.2) is 22.7 Å². The Morgan fingerprint density at radius 3 is 2.50 bits per heavy atom. The molecule has 0 radical (unpaired) electrons. The van der Waals surface area contributed by atoms with Gasteiger partial charge < -0.3 is 15.2 Å². The van der Waals surface area contributed by atoms with Crippen molar-refractivity contribution in [1.29, 1.82) is 0 Å². The van der Waals surface area contributed by atoms with Gasteiger partial charge in [-0.05, 0) is 29.7 Å². The second kappa shape index (κ2) is 7.24. The summed E-state index contributed by atoms with van der Waals surface area (Å²) >= 11 is 0. The van der Waals surface area contributed by atoms with Crippen molar-refractivity contribution in [1.82, 2.24) is 5.32 Å². The number of carbonyl (C=O) groups excluding carboxylic acids is 1. The summed E-state index contributed by atoms with van der Waals surface area (Å²) in [5.41, 5.74) is -0.608. The molecule has 1 fully saturated rings. The standard InChI is InChI=1S/C19H27NO4/c1-18(2,3)15-11-7-8-12-19(15,16(21)22)20-17(23)24-13-14-9-5-4-6-10-14/h4-6,9-10,15H,7-8,11-13H2,1-3H3,(H,20,23)(H,21,22)/t15-,19-/m0/s1. The number of carbonyl (C=O) groups is 2. The monoisotopic (exact) mass is 333 g/mol. The first-order valence-electron chi connectivity index (χ1n) is 8.48. The van der Waals surface area contributed by atoms with E-state index in [4.69, 9.17) is 4.74 Å². The van der Waals surface area contributed by atoms with Crippen molar-refractivity contribution in [2.45, 2.75) is 58.6 Å². The van der Waals surface area contributed by atoms with E-state index in [0.29, 0.717) is 6.42 Å². The Morgan fingerprint density at radius 2 is 1.92 bits per heavy atom. The molecule has 1 saturated carbocycles. The summed E-state index contributed by atoms with van der Waals surface area (Å²) in [6.45, 7) is 6.20. The van der Waals surface area contributed by atoms with Gasteiger partial charge in [-0.1, -0.05) is 63.9 Å². The molecule has 132 valence electrons. The average Bonchev–Trinajstić information content (AvgIpc) is 2.53. The van der Waals surface area contributed by atoms with E-state index in [2.05, 4.69) is 5.32 Å². The van der Waals surface area contributed by atoms with Crippen molar-refractivity contribution in [2.75, 3.05) is 0 Å². The van der Waals surface area contributed by atoms with Gasteiger partial charge >= 0.3 is 12.1 Å². The van der Waals surface area contributed by atoms with Crippen molar-refractivity contribution in [3.8, 4) is 0 Å². The lowest BCUT2D eigenvalue weighted by Crippen LogP contribution is -2.63. The molecule has 0 spiro atoms. The van der Waals surface area contributed by atoms with E-state index in [0.717, 1.165) is 24.8 Å². The van der Waals surface area contributed by atoms with Gasteiger partial charge in [-0.25, -0.2) is 9.59 Å². The maximum atomic E-state index is 12.3. The van der Waals surface area contributed by atoms with Crippen LogP contribution in [0.5, 0.6) is 0 Å². The van der Waals surface area contributed by atoms with Crippen LogP contribution < -0.4 is 5.32 Å². The maximum absolute atomic E-state index is 12.3. The zero-order valence-electron chi connectivity index (χ0n) is 14.7. The lowest BCUT2D eigenvalue weighted by molar-refractivity contribution is -0.152. The van der Waals surface area contributed by atoms with Crippen molar-refractivity contribution >= 4 is 12.1 Å². The van der Waals surface area contributed by atoms with E-state index in [1.807, 2.05) is 51.1 Å². The molecule has 1 aromatic carbocycles. The molecule has 0 unspecified atom stereocenters. The molecule has 1 amide bonds. The molecule has 2 N–H and O–H groups in total. The zero-order valence-corrected chi connectivity index (χ0v) is 14.7. The predicted octanol–water partition coefficient (Wildman–Crippen LogP) is 3.97. The maximum Gasteiger partial charge on any atom is 0.408 e. The highest BCUT2D eigenvalue weighted by atomic mass is 16.5. The zero-order chi connectivity index (χ0) is 17.8. The second-order valence-electron chi connectivity index (χ2n) is 7.63. The van der Waals surface area contributed by atoms with Crippen LogP contribution in [0.2, 0.25) is 0 Å². The van der Waals surface area contributed by atoms with E-state index in [1.165, 1.54) is 0 Å². The predicted molar refractivity (Wildman–Crippen MR) is 91.5 cm³/mol. The molecule has 0 saturated heterocycles. The highest BCUT2D eigenvalue weighted by Gasteiger charge is 2.52. The number of alkyl carbamates (subject to hydrolysis) is 1. The molecule has 0 heterocycles. The molecular formula is C19H27NO4. The fraction of sp³-hybridized carbons (Fsp3) is 0.579. The third-order valence-electron chi connectivity index (χ3n) is 4.87. The number of aliphatic carboxylic acids is 1. The number of hydrogen-bond donors (Lipinski definition) is 2. The summed E-state index contributed by atoms with van der Waals surface area (Å²) in [5, 5.41) is 12.6. The first kappa shape index (κ1) is 18.3. The molecule has 1 aliphatic carbocycles. The summed E-state index contributed by atoms with van der Waals surface area (Å²) < 4.78 is 5.25. The van der Waals surface area contributed by atoms with Gasteiger partial charge in [-0.15, -0.1) is 0 Å². The van der Waals surface area contributed by atoms with E-state index in [-0.39, 0.29) is 17.9 Å². The SMILES string of the molecule is CC(C)(C)[C@@H]1CCCC[C@@]1(NC(=O)OCc1ccccc1)C(=O)O. The summed E-state index contributed by atoms with van der Waals surface area (Å²) in [7, 11) is 0. The summed E-state index contributed by atoms with van der Waals surface area (Å²) in [6.07, 6.45) is 2.33. The quantitative estimate of drug-likeness (QED) is 0.874. The van der Waals surface area contributed by atoms with Crippen LogP contribution in [0.1, 0.15) is 52.0 Å². The second-order valence-corrected chi connectivity index (χ2v) is 7.63. The van der Waals surface area contributed by atoms with Crippen LogP contribution in [0.15, 0.2) is 30.3 Å². The third kappa shape index (κ3) is 4.08. The van der Waals surface area contributed by atoms with E-state index >= 15 is 0 Å². The average molecular weight is 333 g/mol. The Hall–Kier alpha value is -2.04. The Kier molecular flexibility index (Phi) is 5.52. The van der Waals surface area contributed by atoms with E-state index < -0.39 is 17.6 Å². The summed E-state index contributed by atoms with van der Waals surface area (Å²) in [6, 6.07) is 9.34. The van der Waals surface area contributed by atoms with Crippen molar-refractivity contribution < 1.29 is 19.4 Å². The molecule has 0 bridgehead atoms. The number of ether oxygens (including phenoxy) is 1. The van der Waals surface area contributed by atoms with Crippen LogP contribution in [0, 0.1) is 11.3 Å². The van der Waals surface area contributed by atoms with Crippen molar-refractivity contribution in [3.05, 3.63) is 35.9 Å². The minimum absolute atomic E-state index is 0.128. The molecule has 5 heteroatoms. The fourth-order valence-corrected chi connectivity index (χ4v) is 3.75. The number of benzene rings is 1. The first-order valence-corrected chi connectivity index (χ1v) is 8.48. The number of carboxylic acid groups (broad SMARTS) is 1. The number of nitrogens with one attached hydrogen (secondary N) is 1. The third-order valence-corrected chi connectivity index (χ3v) is 4.87. The van der Waals surface area contributed by atoms with Gasteiger partial charge in [-0.3, -0.25) is 0 Å². The van der Waals surface area contributed by atoms with Gasteiger partial charge in [0.2, 0.25) is 0 Å². The fourth-order valence-electron chi connectivity index (χ4n) is 3.75. The van der Waals surface area contributed by atoms with Crippen molar-refractivity contribution in [3.63, 3.8) is 0 Å². The molecule has 2 rings (SSSR count). The lowest BCUT2D eigenvalue weighted by atomic mass is 9.62. The summed E-state index contributed by atoms with van der Waals surface area (Å²) in [4.78, 5) is 24.3. The van der Waals surface area contributed by atoms with Gasteiger partial charge in [0.1, 0.15) is 12.1 Å². The van der Waals surface area contributed by atoms with Gasteiger partial charge in [0.25, 0.3) is 0 Å². The number of hydrogen-bond acceptors (Lipinski definition) is 3. The number of carboxylic acids is 1. The van der Waals surface area contributed by atoms with Gasteiger partial charge in [0.15, 0.2) is 0 Å². The lowest BCUT2D eigenvalue weighted by Gasteiger charge is -2.47. The molecule has 1 aliphatic rings. The highest BCUT2D eigenvalue weighted by molar-refractivity contribution is 5.85. The molecular weight excluding hydrogens is 306 g/mol. The Bertz CT molecular complexity index is 579. The minimum Gasteiger partial charge on any atom is -0.479 e. The van der Waals surface area contributed by atoms with Crippen molar-refractivity contribution in [2.24, 2.45) is 11.3 Å². The molecule has 2 atom stereocenters. The van der Waals surface area contributed by atoms with Gasteiger partial charge in [-0.2, -0.15) is 0 Å². The Morgan fingerprint density at radius 1 is 1.25 bits per heavy atom. The number of rotatable bonds is 4. The topological polar surface area (TPSA) is 75.6 Å². The van der Waals surface area contributed by atoms with Crippen LogP contribution in [0.3, 0.4) is 0 Å². The first-order chi connectivity index (χ1) is 11.3. The molecule has 1 aromatic rings. The Labute approximate surface area is 143 Å². The van der Waals surface area contributed by atoms with E-state index in [1.54, 1.807) is 0 Å². The molecule has 5 nitrogen and oxygen atoms in total. The van der Waals surface area contributed by atoms with E-state index in [9.17, 15) is 14.7 Å². The smallest absolute Gasteiger partial charge is 0.408 e. The van der Waals surface area contributed by atoms with Gasteiger partial charge in [0, 0.05) is 0 Å². The van der Waals surface area contributed by atoms with Crippen LogP contribution in [0.4, 0.5) is 4.79 Å². The molecule has 0 aliphatic heterocycles. The largest absolute Gasteiger partial charge is 0.479 e. The number of amides is 1. The minimum atomic E-state index is -1.26. The normalized spacial score (nSPS) is 24.2. The Balaban J connectivity index is 2.11. The van der Waals surface area contributed by atoms with Crippen LogP contribution in [0.25, 0.3) is 0 Å². The highest BCUT2D eigenvalue weighted by Crippen LogP contribution is 2.44. The molecule has 0 aromatic heterocycles.